The molecule has 0 N–H and O–H groups in total. The standard InChI is InChI=1S/C13H12F3N3/c1-2-3-7-19-9-11(13(14,15)16)18-12(19)10-5-4-6-17-8-10/h2-6,8-9H,7H2,1H3/b3-2-. The summed E-state index contributed by atoms with van der Waals surface area (Å²) in [6.45, 7) is 2.15. The second-order valence-corrected chi connectivity index (χ2v) is 3.91. The molecule has 0 aliphatic heterocycles. The lowest BCUT2D eigenvalue weighted by atomic mass is 10.3. The minimum Gasteiger partial charge on any atom is -0.326 e. The highest BCUT2D eigenvalue weighted by Crippen LogP contribution is 2.30. The van der Waals surface area contributed by atoms with Crippen LogP contribution < -0.4 is 0 Å². The van der Waals surface area contributed by atoms with Gasteiger partial charge in [-0.3, -0.25) is 4.98 Å². The topological polar surface area (TPSA) is 30.7 Å². The summed E-state index contributed by atoms with van der Waals surface area (Å²) in [5.41, 5.74) is -0.335. The average molecular weight is 267 g/mol. The number of allylic oxidation sites excluding steroid dienone is 2. The molecule has 2 heterocycles. The Bertz CT molecular complexity index is 571. The van der Waals surface area contributed by atoms with Crippen molar-refractivity contribution in [3.63, 3.8) is 0 Å². The number of hydrogen-bond acceptors (Lipinski definition) is 2. The van der Waals surface area contributed by atoms with E-state index in [1.807, 2.05) is 6.92 Å². The Labute approximate surface area is 108 Å². The van der Waals surface area contributed by atoms with E-state index in [1.54, 1.807) is 30.5 Å². The van der Waals surface area contributed by atoms with Gasteiger partial charge in [0, 0.05) is 30.7 Å². The smallest absolute Gasteiger partial charge is 0.326 e. The van der Waals surface area contributed by atoms with E-state index in [0.717, 1.165) is 6.20 Å². The van der Waals surface area contributed by atoms with Gasteiger partial charge >= 0.3 is 6.18 Å². The van der Waals surface area contributed by atoms with Gasteiger partial charge in [-0.05, 0) is 19.1 Å². The van der Waals surface area contributed by atoms with Crippen LogP contribution >= 0.6 is 0 Å². The molecular formula is C13H12F3N3. The van der Waals surface area contributed by atoms with Crippen LogP contribution in [-0.2, 0) is 12.7 Å². The first-order chi connectivity index (χ1) is 9.02. The first-order valence-electron chi connectivity index (χ1n) is 5.68. The SMILES string of the molecule is C/C=C\Cn1cc(C(F)(F)F)nc1-c1cccnc1. The van der Waals surface area contributed by atoms with Crippen molar-refractivity contribution in [1.29, 1.82) is 0 Å². The van der Waals surface area contributed by atoms with E-state index in [2.05, 4.69) is 9.97 Å². The van der Waals surface area contributed by atoms with E-state index >= 15 is 0 Å². The van der Waals surface area contributed by atoms with Gasteiger partial charge < -0.3 is 4.57 Å². The number of hydrogen-bond donors (Lipinski definition) is 0. The fraction of sp³-hybridized carbons (Fsp3) is 0.231. The van der Waals surface area contributed by atoms with E-state index in [-0.39, 0.29) is 5.82 Å². The zero-order valence-corrected chi connectivity index (χ0v) is 10.2. The minimum atomic E-state index is -4.45. The molecule has 0 bridgehead atoms. The maximum absolute atomic E-state index is 12.7. The van der Waals surface area contributed by atoms with Gasteiger partial charge in [-0.2, -0.15) is 13.2 Å². The van der Waals surface area contributed by atoms with Crippen LogP contribution in [0, 0.1) is 0 Å². The van der Waals surface area contributed by atoms with E-state index in [1.165, 1.54) is 10.8 Å². The van der Waals surface area contributed by atoms with Crippen molar-refractivity contribution < 1.29 is 13.2 Å². The first kappa shape index (κ1) is 13.3. The van der Waals surface area contributed by atoms with Crippen molar-refractivity contribution in [3.8, 4) is 11.4 Å². The molecule has 0 saturated carbocycles. The third kappa shape index (κ3) is 3.01. The van der Waals surface area contributed by atoms with Gasteiger partial charge in [-0.1, -0.05) is 12.2 Å². The van der Waals surface area contributed by atoms with E-state index in [0.29, 0.717) is 12.1 Å². The first-order valence-corrected chi connectivity index (χ1v) is 5.68. The van der Waals surface area contributed by atoms with Gasteiger partial charge in [0.05, 0.1) is 0 Å². The molecule has 2 rings (SSSR count). The molecule has 2 aromatic heterocycles. The zero-order chi connectivity index (χ0) is 13.9. The third-order valence-electron chi connectivity index (χ3n) is 2.52. The van der Waals surface area contributed by atoms with Crippen LogP contribution in [0.25, 0.3) is 11.4 Å². The predicted molar refractivity (Wildman–Crippen MR) is 65.3 cm³/mol. The lowest BCUT2D eigenvalue weighted by Gasteiger charge is -2.03. The molecule has 2 aromatic rings. The molecule has 0 atom stereocenters. The van der Waals surface area contributed by atoms with Gasteiger partial charge in [-0.25, -0.2) is 4.98 Å². The van der Waals surface area contributed by atoms with Crippen molar-refractivity contribution in [2.75, 3.05) is 0 Å². The molecule has 0 aliphatic carbocycles. The summed E-state index contributed by atoms with van der Waals surface area (Å²) < 4.78 is 39.6. The van der Waals surface area contributed by atoms with Gasteiger partial charge in [0.2, 0.25) is 0 Å². The normalized spacial score (nSPS) is 12.2. The quantitative estimate of drug-likeness (QED) is 0.796. The molecule has 6 heteroatoms. The van der Waals surface area contributed by atoms with Gasteiger partial charge in [0.25, 0.3) is 0 Å². The molecule has 0 aliphatic rings. The maximum atomic E-state index is 12.7. The predicted octanol–water partition coefficient (Wildman–Crippen LogP) is 3.54. The van der Waals surface area contributed by atoms with Crippen LogP contribution in [0.2, 0.25) is 0 Å². The monoisotopic (exact) mass is 267 g/mol. The Morgan fingerprint density at radius 2 is 2.16 bits per heavy atom. The third-order valence-corrected chi connectivity index (χ3v) is 2.52. The number of nitrogens with zero attached hydrogens (tertiary/aromatic N) is 3. The summed E-state index contributed by atoms with van der Waals surface area (Å²) in [5.74, 6) is 0.263. The van der Waals surface area contributed by atoms with Gasteiger partial charge in [0.1, 0.15) is 5.82 Å². The lowest BCUT2D eigenvalue weighted by molar-refractivity contribution is -0.140. The zero-order valence-electron chi connectivity index (χ0n) is 10.2. The van der Waals surface area contributed by atoms with E-state index < -0.39 is 11.9 Å². The molecule has 0 fully saturated rings. The number of rotatable bonds is 3. The minimum absolute atomic E-state index is 0.263. The number of alkyl halides is 3. The highest BCUT2D eigenvalue weighted by Gasteiger charge is 2.34. The molecule has 3 nitrogen and oxygen atoms in total. The molecule has 0 amide bonds. The fourth-order valence-corrected chi connectivity index (χ4v) is 1.64. The Morgan fingerprint density at radius 1 is 1.37 bits per heavy atom. The summed E-state index contributed by atoms with van der Waals surface area (Å²) in [7, 11) is 0. The highest BCUT2D eigenvalue weighted by molar-refractivity contribution is 5.54. The second-order valence-electron chi connectivity index (χ2n) is 3.91. The Balaban J connectivity index is 2.48. The van der Waals surface area contributed by atoms with Gasteiger partial charge in [0.15, 0.2) is 5.69 Å². The van der Waals surface area contributed by atoms with Crippen LogP contribution in [-0.4, -0.2) is 14.5 Å². The summed E-state index contributed by atoms with van der Waals surface area (Å²) in [4.78, 5) is 7.57. The van der Waals surface area contributed by atoms with Crippen LogP contribution in [0.4, 0.5) is 13.2 Å². The van der Waals surface area contributed by atoms with Crippen molar-refractivity contribution in [3.05, 3.63) is 48.6 Å². The van der Waals surface area contributed by atoms with Crippen LogP contribution in [0.15, 0.2) is 42.9 Å². The Hall–Kier alpha value is -2.11. The molecule has 0 unspecified atom stereocenters. The number of halogens is 3. The molecule has 0 saturated heterocycles. The van der Waals surface area contributed by atoms with Crippen LogP contribution in [0.5, 0.6) is 0 Å². The average Bonchev–Trinajstić information content (AvgIpc) is 2.81. The van der Waals surface area contributed by atoms with Crippen molar-refractivity contribution >= 4 is 0 Å². The summed E-state index contributed by atoms with van der Waals surface area (Å²) in [6, 6.07) is 3.35. The summed E-state index contributed by atoms with van der Waals surface area (Å²) >= 11 is 0. The number of imidazole rings is 1. The summed E-state index contributed by atoms with van der Waals surface area (Å²) in [5, 5.41) is 0. The molecule has 0 radical (unpaired) electrons. The Kier molecular flexibility index (Phi) is 3.69. The molecule has 0 aromatic carbocycles. The van der Waals surface area contributed by atoms with Crippen LogP contribution in [0.1, 0.15) is 12.6 Å². The number of pyridine rings is 1. The Morgan fingerprint density at radius 3 is 2.74 bits per heavy atom. The van der Waals surface area contributed by atoms with Crippen molar-refractivity contribution in [1.82, 2.24) is 14.5 Å². The molecule has 0 spiro atoms. The molecule has 19 heavy (non-hydrogen) atoms. The highest BCUT2D eigenvalue weighted by atomic mass is 19.4. The second kappa shape index (κ2) is 5.26. The lowest BCUT2D eigenvalue weighted by Crippen LogP contribution is -2.05. The van der Waals surface area contributed by atoms with Crippen molar-refractivity contribution in [2.45, 2.75) is 19.6 Å². The van der Waals surface area contributed by atoms with Crippen LogP contribution in [0.3, 0.4) is 0 Å². The largest absolute Gasteiger partial charge is 0.434 e. The fourth-order valence-electron chi connectivity index (χ4n) is 1.64. The maximum Gasteiger partial charge on any atom is 0.434 e. The van der Waals surface area contributed by atoms with E-state index in [4.69, 9.17) is 0 Å². The van der Waals surface area contributed by atoms with Gasteiger partial charge in [-0.15, -0.1) is 0 Å². The molecular weight excluding hydrogens is 255 g/mol. The van der Waals surface area contributed by atoms with Crippen molar-refractivity contribution in [2.24, 2.45) is 0 Å². The summed E-state index contributed by atoms with van der Waals surface area (Å²) in [6.07, 6.45) is 3.17. The molecule has 100 valence electrons. The number of aromatic nitrogens is 3. The van der Waals surface area contributed by atoms with E-state index in [9.17, 15) is 13.2 Å².